The molecule has 0 spiro atoms. The van der Waals surface area contributed by atoms with Crippen LogP contribution in [-0.2, 0) is 0 Å². The molecular weight excluding hydrogens is 190 g/mol. The zero-order valence-corrected chi connectivity index (χ0v) is 10.0. The number of thioether (sulfide) groups is 1. The second-order valence-electron chi connectivity index (χ2n) is 3.76. The van der Waals surface area contributed by atoms with E-state index in [2.05, 4.69) is 39.0 Å². The van der Waals surface area contributed by atoms with Gasteiger partial charge in [-0.3, -0.25) is 5.41 Å². The first kappa shape index (κ1) is 11.3. The molecule has 0 heterocycles. The Balaban J connectivity index is 3.15. The van der Waals surface area contributed by atoms with Crippen LogP contribution in [0.15, 0.2) is 18.2 Å². The summed E-state index contributed by atoms with van der Waals surface area (Å²) >= 11 is 1.50. The van der Waals surface area contributed by atoms with Crippen molar-refractivity contribution in [1.29, 1.82) is 5.41 Å². The van der Waals surface area contributed by atoms with Crippen LogP contribution in [0, 0.1) is 12.3 Å². The third kappa shape index (κ3) is 2.38. The van der Waals surface area contributed by atoms with Gasteiger partial charge < -0.3 is 0 Å². The monoisotopic (exact) mass is 207 g/mol. The Labute approximate surface area is 90.4 Å². The third-order valence-electron chi connectivity index (χ3n) is 2.38. The quantitative estimate of drug-likeness (QED) is 0.578. The van der Waals surface area contributed by atoms with Gasteiger partial charge in [0.1, 0.15) is 0 Å². The number of hydrogen-bond donors (Lipinski definition) is 1. The Hall–Kier alpha value is -0.760. The molecule has 1 nitrogen and oxygen atoms in total. The van der Waals surface area contributed by atoms with E-state index in [9.17, 15) is 0 Å². The van der Waals surface area contributed by atoms with E-state index in [4.69, 9.17) is 5.41 Å². The van der Waals surface area contributed by atoms with Gasteiger partial charge in [0.2, 0.25) is 0 Å². The van der Waals surface area contributed by atoms with Crippen LogP contribution in [0.3, 0.4) is 0 Å². The fraction of sp³-hybridized carbons (Fsp3) is 0.417. The largest absolute Gasteiger partial charge is 0.293 e. The summed E-state index contributed by atoms with van der Waals surface area (Å²) < 4.78 is 0. The number of rotatable bonds is 2. The summed E-state index contributed by atoms with van der Waals surface area (Å²) in [7, 11) is 0. The number of hydrogen-bond acceptors (Lipinski definition) is 2. The molecule has 0 aromatic heterocycles. The van der Waals surface area contributed by atoms with Gasteiger partial charge in [-0.25, -0.2) is 0 Å². The Morgan fingerprint density at radius 3 is 2.50 bits per heavy atom. The smallest absolute Gasteiger partial charge is 0.0942 e. The Kier molecular flexibility index (Phi) is 3.76. The molecule has 1 N–H and O–H groups in total. The maximum Gasteiger partial charge on any atom is 0.0942 e. The minimum atomic E-state index is 0.531. The van der Waals surface area contributed by atoms with Crippen molar-refractivity contribution in [1.82, 2.24) is 0 Å². The highest BCUT2D eigenvalue weighted by Gasteiger charge is 2.06. The highest BCUT2D eigenvalue weighted by Crippen LogP contribution is 2.21. The van der Waals surface area contributed by atoms with Gasteiger partial charge in [-0.05, 0) is 36.3 Å². The molecule has 0 bridgehead atoms. The van der Waals surface area contributed by atoms with Gasteiger partial charge in [-0.15, -0.1) is 11.8 Å². The van der Waals surface area contributed by atoms with Crippen molar-refractivity contribution in [3.05, 3.63) is 34.9 Å². The lowest BCUT2D eigenvalue weighted by atomic mass is 9.98. The lowest BCUT2D eigenvalue weighted by Gasteiger charge is -2.10. The topological polar surface area (TPSA) is 23.9 Å². The summed E-state index contributed by atoms with van der Waals surface area (Å²) in [5.41, 5.74) is 3.57. The third-order valence-corrected chi connectivity index (χ3v) is 3.01. The molecule has 2 heteroatoms. The molecule has 14 heavy (non-hydrogen) atoms. The van der Waals surface area contributed by atoms with E-state index in [0.717, 1.165) is 5.56 Å². The van der Waals surface area contributed by atoms with Crippen molar-refractivity contribution in [2.24, 2.45) is 0 Å². The van der Waals surface area contributed by atoms with Gasteiger partial charge in [0.15, 0.2) is 0 Å². The van der Waals surface area contributed by atoms with E-state index in [1.807, 2.05) is 6.26 Å². The highest BCUT2D eigenvalue weighted by molar-refractivity contribution is 8.13. The zero-order valence-electron chi connectivity index (χ0n) is 9.22. The number of nitrogens with one attached hydrogen (secondary N) is 1. The fourth-order valence-corrected chi connectivity index (χ4v) is 1.79. The molecule has 0 unspecified atom stereocenters. The second-order valence-corrected chi connectivity index (χ2v) is 4.58. The predicted molar refractivity (Wildman–Crippen MR) is 65.6 cm³/mol. The summed E-state index contributed by atoms with van der Waals surface area (Å²) in [5.74, 6) is 0.531. The lowest BCUT2D eigenvalue weighted by molar-refractivity contribution is 0.865. The number of aryl methyl sites for hydroxylation is 1. The summed E-state index contributed by atoms with van der Waals surface area (Å²) in [4.78, 5) is 0. The van der Waals surface area contributed by atoms with Crippen molar-refractivity contribution in [2.45, 2.75) is 26.7 Å². The molecule has 1 aromatic carbocycles. The molecule has 0 fully saturated rings. The van der Waals surface area contributed by atoms with Crippen molar-refractivity contribution in [2.75, 3.05) is 6.26 Å². The molecule has 76 valence electrons. The molecule has 0 amide bonds. The van der Waals surface area contributed by atoms with Crippen LogP contribution in [-0.4, -0.2) is 11.3 Å². The SMILES string of the molecule is CSC(=N)c1cc(C(C)C)ccc1C. The fourth-order valence-electron chi connectivity index (χ4n) is 1.35. The number of benzene rings is 1. The van der Waals surface area contributed by atoms with Gasteiger partial charge in [-0.1, -0.05) is 26.0 Å². The molecular formula is C12H17NS. The normalized spacial score (nSPS) is 10.6. The minimum absolute atomic E-state index is 0.531. The van der Waals surface area contributed by atoms with Crippen molar-refractivity contribution >= 4 is 16.8 Å². The van der Waals surface area contributed by atoms with Gasteiger partial charge in [0, 0.05) is 5.56 Å². The summed E-state index contributed by atoms with van der Waals surface area (Å²) in [6.07, 6.45) is 1.95. The van der Waals surface area contributed by atoms with E-state index >= 15 is 0 Å². The van der Waals surface area contributed by atoms with Crippen LogP contribution < -0.4 is 0 Å². The maximum absolute atomic E-state index is 7.82. The molecule has 1 aromatic rings. The van der Waals surface area contributed by atoms with E-state index in [-0.39, 0.29) is 0 Å². The van der Waals surface area contributed by atoms with Crippen molar-refractivity contribution in [3.8, 4) is 0 Å². The van der Waals surface area contributed by atoms with Crippen LogP contribution in [0.1, 0.15) is 36.5 Å². The van der Waals surface area contributed by atoms with Gasteiger partial charge in [0.05, 0.1) is 5.04 Å². The van der Waals surface area contributed by atoms with E-state index < -0.39 is 0 Å². The standard InChI is InChI=1S/C12H17NS/c1-8(2)10-6-5-9(3)11(7-10)12(13)14-4/h5-8,13H,1-4H3. The predicted octanol–water partition coefficient (Wildman–Crippen LogP) is 3.81. The molecule has 0 aliphatic heterocycles. The molecule has 0 saturated carbocycles. The van der Waals surface area contributed by atoms with Crippen molar-refractivity contribution < 1.29 is 0 Å². The van der Waals surface area contributed by atoms with Crippen LogP contribution in [0.2, 0.25) is 0 Å². The first-order valence-electron chi connectivity index (χ1n) is 4.79. The van der Waals surface area contributed by atoms with Crippen molar-refractivity contribution in [3.63, 3.8) is 0 Å². The van der Waals surface area contributed by atoms with Crippen LogP contribution in [0.4, 0.5) is 0 Å². The Bertz CT molecular complexity index is 342. The average molecular weight is 207 g/mol. The Morgan fingerprint density at radius 2 is 2.00 bits per heavy atom. The van der Waals surface area contributed by atoms with Gasteiger partial charge in [0.25, 0.3) is 0 Å². The first-order valence-corrected chi connectivity index (χ1v) is 6.02. The molecule has 1 rings (SSSR count). The van der Waals surface area contributed by atoms with Crippen LogP contribution >= 0.6 is 11.8 Å². The summed E-state index contributed by atoms with van der Waals surface area (Å²) in [6, 6.07) is 6.39. The molecule has 0 atom stereocenters. The van der Waals surface area contributed by atoms with E-state index in [1.165, 1.54) is 22.9 Å². The first-order chi connectivity index (χ1) is 6.56. The molecule has 0 radical (unpaired) electrons. The van der Waals surface area contributed by atoms with E-state index in [0.29, 0.717) is 11.0 Å². The Morgan fingerprint density at radius 1 is 1.36 bits per heavy atom. The average Bonchev–Trinajstić information content (AvgIpc) is 2.17. The molecule has 0 aliphatic carbocycles. The van der Waals surface area contributed by atoms with Gasteiger partial charge in [-0.2, -0.15) is 0 Å². The molecule has 0 saturated heterocycles. The highest BCUT2D eigenvalue weighted by atomic mass is 32.2. The van der Waals surface area contributed by atoms with Crippen LogP contribution in [0.25, 0.3) is 0 Å². The second kappa shape index (κ2) is 4.65. The lowest BCUT2D eigenvalue weighted by Crippen LogP contribution is -1.99. The van der Waals surface area contributed by atoms with E-state index in [1.54, 1.807) is 0 Å². The van der Waals surface area contributed by atoms with Crippen LogP contribution in [0.5, 0.6) is 0 Å². The molecule has 0 aliphatic rings. The van der Waals surface area contributed by atoms with Gasteiger partial charge >= 0.3 is 0 Å². The minimum Gasteiger partial charge on any atom is -0.293 e. The summed E-state index contributed by atoms with van der Waals surface area (Å²) in [6.45, 7) is 6.42. The zero-order chi connectivity index (χ0) is 10.7. The summed E-state index contributed by atoms with van der Waals surface area (Å²) in [5, 5.41) is 8.48. The maximum atomic E-state index is 7.82.